The molecule has 18 heavy (non-hydrogen) atoms. The Bertz CT molecular complexity index is 233. The summed E-state index contributed by atoms with van der Waals surface area (Å²) in [6.45, 7) is 8.58. The maximum absolute atomic E-state index is 2.72. The first-order chi connectivity index (χ1) is 8.70. The molecule has 0 amide bonds. The molecule has 0 aromatic carbocycles. The van der Waals surface area contributed by atoms with Crippen molar-refractivity contribution in [2.75, 3.05) is 19.6 Å². The van der Waals surface area contributed by atoms with Crippen LogP contribution in [0.5, 0.6) is 0 Å². The Balaban J connectivity index is 2.37. The Hall–Kier alpha value is 0.499. The van der Waals surface area contributed by atoms with Gasteiger partial charge in [-0.05, 0) is 0 Å². The Morgan fingerprint density at radius 3 is 2.33 bits per heavy atom. The first kappa shape index (κ1) is 16.6. The molecule has 1 unspecified atom stereocenters. The number of piperidine rings is 1. The van der Waals surface area contributed by atoms with Gasteiger partial charge in [0.25, 0.3) is 0 Å². The van der Waals surface area contributed by atoms with Gasteiger partial charge in [-0.1, -0.05) is 0 Å². The average molecular weight is 358 g/mol. The molecule has 0 radical (unpaired) electrons. The fraction of sp³-hybridized carbons (Fsp3) is 0.875. The third kappa shape index (κ3) is 6.60. The Morgan fingerprint density at radius 1 is 1.00 bits per heavy atom. The van der Waals surface area contributed by atoms with Gasteiger partial charge in [0.15, 0.2) is 0 Å². The van der Waals surface area contributed by atoms with Gasteiger partial charge in [0.2, 0.25) is 0 Å². The quantitative estimate of drug-likeness (QED) is 0.561. The van der Waals surface area contributed by atoms with Crippen LogP contribution in [0, 0.1) is 0 Å². The molecule has 1 atom stereocenters. The van der Waals surface area contributed by atoms with Crippen LogP contribution in [-0.4, -0.2) is 42.9 Å². The predicted molar refractivity (Wildman–Crippen MR) is 85.9 cm³/mol. The Kier molecular flexibility index (Phi) is 8.65. The molecule has 1 aliphatic heterocycles. The van der Waals surface area contributed by atoms with Crippen LogP contribution in [0.25, 0.3) is 0 Å². The predicted octanol–water partition coefficient (Wildman–Crippen LogP) is 4.86. The van der Waals surface area contributed by atoms with E-state index in [9.17, 15) is 0 Å². The van der Waals surface area contributed by atoms with Gasteiger partial charge in [-0.2, -0.15) is 0 Å². The molecule has 1 nitrogen and oxygen atoms in total. The standard InChI is InChI=1S/C8H14N.C4H9.C3H7.CH3.Sn/c1-2-6-9-7-4-3-5-8-9;1-3-4-2;1-3-2;;/h1-2H,3-8H2;1,3-4H2,2H3;1,3H2,2H3;1H3;. The van der Waals surface area contributed by atoms with E-state index in [0.717, 1.165) is 0 Å². The van der Waals surface area contributed by atoms with Crippen LogP contribution in [0.2, 0.25) is 13.8 Å². The van der Waals surface area contributed by atoms with Crippen molar-refractivity contribution < 1.29 is 0 Å². The fourth-order valence-corrected chi connectivity index (χ4v) is 13.2. The molecule has 0 aromatic heterocycles. The van der Waals surface area contributed by atoms with E-state index >= 15 is 0 Å². The molecule has 106 valence electrons. The number of nitrogens with zero attached hydrogens (tertiary/aromatic N) is 1. The summed E-state index contributed by atoms with van der Waals surface area (Å²) in [5, 5.41) is 0. The molecule has 0 bridgehead atoms. The van der Waals surface area contributed by atoms with Crippen LogP contribution in [0.15, 0.2) is 10.2 Å². The molecule has 0 aromatic rings. The van der Waals surface area contributed by atoms with Crippen LogP contribution in [-0.2, 0) is 0 Å². The molecule has 1 aliphatic rings. The first-order valence-electron chi connectivity index (χ1n) is 8.10. The molecule has 1 rings (SSSR count). The van der Waals surface area contributed by atoms with E-state index < -0.39 is 18.4 Å². The summed E-state index contributed by atoms with van der Waals surface area (Å²) in [5.41, 5.74) is 0. The van der Waals surface area contributed by atoms with E-state index in [2.05, 4.69) is 33.9 Å². The summed E-state index contributed by atoms with van der Waals surface area (Å²) in [6.07, 6.45) is 11.0. The summed E-state index contributed by atoms with van der Waals surface area (Å²) in [4.78, 5) is 5.29. The van der Waals surface area contributed by atoms with Crippen molar-refractivity contribution in [2.45, 2.75) is 66.2 Å². The second kappa shape index (κ2) is 9.41. The summed E-state index contributed by atoms with van der Waals surface area (Å²) in [5.74, 6) is 0. The molecule has 1 fully saturated rings. The van der Waals surface area contributed by atoms with Crippen molar-refractivity contribution in [3.8, 4) is 0 Å². The zero-order chi connectivity index (χ0) is 13.3. The van der Waals surface area contributed by atoms with Crippen molar-refractivity contribution in [2.24, 2.45) is 0 Å². The maximum atomic E-state index is 2.72. The SMILES string of the molecule is CCC[CH2][Sn]([CH3])(/[CH]=C/CN1CCCCC1)[CH2]CC. The molecular weight excluding hydrogens is 325 g/mol. The van der Waals surface area contributed by atoms with Crippen molar-refractivity contribution in [1.29, 1.82) is 0 Å². The van der Waals surface area contributed by atoms with Gasteiger partial charge in [-0.3, -0.25) is 0 Å². The van der Waals surface area contributed by atoms with E-state index in [-0.39, 0.29) is 0 Å². The molecule has 0 N–H and O–H groups in total. The number of hydrogen-bond donors (Lipinski definition) is 0. The van der Waals surface area contributed by atoms with E-state index in [1.54, 1.807) is 8.87 Å². The second-order valence-corrected chi connectivity index (χ2v) is 19.5. The summed E-state index contributed by atoms with van der Waals surface area (Å²) in [7, 11) is 0. The van der Waals surface area contributed by atoms with Crippen LogP contribution < -0.4 is 0 Å². The first-order valence-corrected chi connectivity index (χ1v) is 16.6. The van der Waals surface area contributed by atoms with Gasteiger partial charge in [-0.15, -0.1) is 0 Å². The van der Waals surface area contributed by atoms with Crippen molar-refractivity contribution in [3.05, 3.63) is 10.2 Å². The van der Waals surface area contributed by atoms with Crippen molar-refractivity contribution in [3.63, 3.8) is 0 Å². The molecule has 0 spiro atoms. The number of likely N-dealkylation sites (tertiary alicyclic amines) is 1. The average Bonchev–Trinajstić information content (AvgIpc) is 2.38. The van der Waals surface area contributed by atoms with E-state index in [0.29, 0.717) is 0 Å². The van der Waals surface area contributed by atoms with Gasteiger partial charge < -0.3 is 0 Å². The molecule has 0 saturated carbocycles. The van der Waals surface area contributed by atoms with E-state index in [1.165, 1.54) is 58.2 Å². The Labute approximate surface area is 119 Å². The zero-order valence-corrected chi connectivity index (χ0v) is 15.7. The minimum atomic E-state index is -1.83. The van der Waals surface area contributed by atoms with Gasteiger partial charge in [0, 0.05) is 0 Å². The van der Waals surface area contributed by atoms with Crippen LogP contribution in [0.1, 0.15) is 52.4 Å². The van der Waals surface area contributed by atoms with Crippen LogP contribution in [0.3, 0.4) is 0 Å². The fourth-order valence-electron chi connectivity index (χ4n) is 3.07. The second-order valence-electron chi connectivity index (χ2n) is 6.27. The Morgan fingerprint density at radius 2 is 1.72 bits per heavy atom. The van der Waals surface area contributed by atoms with Gasteiger partial charge in [-0.25, -0.2) is 0 Å². The van der Waals surface area contributed by atoms with Crippen LogP contribution in [0.4, 0.5) is 0 Å². The third-order valence-corrected chi connectivity index (χ3v) is 16.2. The van der Waals surface area contributed by atoms with Gasteiger partial charge >= 0.3 is 119 Å². The number of hydrogen-bond acceptors (Lipinski definition) is 1. The molecule has 0 aliphatic carbocycles. The summed E-state index contributed by atoms with van der Waals surface area (Å²) < 4.78 is 5.84. The van der Waals surface area contributed by atoms with Crippen LogP contribution >= 0.6 is 0 Å². The van der Waals surface area contributed by atoms with Gasteiger partial charge in [0.05, 0.1) is 0 Å². The normalized spacial score (nSPS) is 21.3. The molecule has 1 saturated heterocycles. The summed E-state index contributed by atoms with van der Waals surface area (Å²) in [6, 6.07) is 0. The monoisotopic (exact) mass is 359 g/mol. The third-order valence-electron chi connectivity index (χ3n) is 4.26. The molecule has 1 heterocycles. The number of rotatable bonds is 8. The zero-order valence-electron chi connectivity index (χ0n) is 12.9. The van der Waals surface area contributed by atoms with Gasteiger partial charge in [0.1, 0.15) is 0 Å². The number of unbranched alkanes of at least 4 members (excludes halogenated alkanes) is 1. The molecule has 2 heteroatoms. The van der Waals surface area contributed by atoms with E-state index in [1.807, 2.05) is 0 Å². The topological polar surface area (TPSA) is 3.24 Å². The summed E-state index contributed by atoms with van der Waals surface area (Å²) >= 11 is -1.83. The van der Waals surface area contributed by atoms with Crippen molar-refractivity contribution >= 4 is 18.4 Å². The minimum absolute atomic E-state index is 1.22. The molecular formula is C16H33NSn. The van der Waals surface area contributed by atoms with Crippen molar-refractivity contribution in [1.82, 2.24) is 4.90 Å². The van der Waals surface area contributed by atoms with E-state index in [4.69, 9.17) is 0 Å².